The number of hydrogen-bond acceptors (Lipinski definition) is 8. The molecule has 1 saturated heterocycles. The van der Waals surface area contributed by atoms with E-state index in [-0.39, 0.29) is 29.9 Å². The Hall–Kier alpha value is -3.14. The van der Waals surface area contributed by atoms with Gasteiger partial charge in [0.25, 0.3) is 0 Å². The molecule has 1 aliphatic rings. The highest BCUT2D eigenvalue weighted by atomic mass is 32.1. The van der Waals surface area contributed by atoms with E-state index >= 15 is 0 Å². The SMILES string of the molecule is COC(=O)c1sc(NC(=O)C2CC(=O)N(c3cc(OC)ccc3OC)C2)nc1C. The van der Waals surface area contributed by atoms with Crippen molar-refractivity contribution in [3.63, 3.8) is 0 Å². The summed E-state index contributed by atoms with van der Waals surface area (Å²) in [6.07, 6.45) is 0.0560. The number of benzene rings is 1. The molecule has 2 aromatic rings. The second-order valence-corrected chi connectivity index (χ2v) is 7.36. The van der Waals surface area contributed by atoms with Crippen LogP contribution in [0.25, 0.3) is 0 Å². The van der Waals surface area contributed by atoms with Gasteiger partial charge in [0.15, 0.2) is 5.13 Å². The molecule has 29 heavy (non-hydrogen) atoms. The van der Waals surface area contributed by atoms with E-state index in [0.717, 1.165) is 11.3 Å². The molecule has 1 aromatic carbocycles. The highest BCUT2D eigenvalue weighted by molar-refractivity contribution is 7.17. The molecule has 0 radical (unpaired) electrons. The fourth-order valence-corrected chi connectivity index (χ4v) is 3.95. The Labute approximate surface area is 171 Å². The second kappa shape index (κ2) is 8.48. The monoisotopic (exact) mass is 419 g/mol. The third kappa shape index (κ3) is 4.16. The maximum absolute atomic E-state index is 12.7. The first kappa shape index (κ1) is 20.6. The minimum absolute atomic E-state index is 0.0560. The number of nitrogens with zero attached hydrogens (tertiary/aromatic N) is 2. The normalized spacial score (nSPS) is 15.9. The maximum Gasteiger partial charge on any atom is 0.350 e. The lowest BCUT2D eigenvalue weighted by molar-refractivity contribution is -0.122. The first-order chi connectivity index (χ1) is 13.9. The van der Waals surface area contributed by atoms with Gasteiger partial charge in [-0.2, -0.15) is 0 Å². The van der Waals surface area contributed by atoms with Gasteiger partial charge in [0.1, 0.15) is 16.4 Å². The molecular formula is C19H21N3O6S. The van der Waals surface area contributed by atoms with Crippen molar-refractivity contribution < 1.29 is 28.6 Å². The largest absolute Gasteiger partial charge is 0.497 e. The third-order valence-electron chi connectivity index (χ3n) is 4.57. The number of carbonyl (C=O) groups is 3. The fourth-order valence-electron chi connectivity index (χ4n) is 3.06. The molecule has 3 rings (SSSR count). The molecule has 0 saturated carbocycles. The molecule has 0 aliphatic carbocycles. The number of methoxy groups -OCH3 is 3. The summed E-state index contributed by atoms with van der Waals surface area (Å²) in [5.74, 6) is -0.513. The summed E-state index contributed by atoms with van der Waals surface area (Å²) in [7, 11) is 4.33. The van der Waals surface area contributed by atoms with Crippen LogP contribution < -0.4 is 19.7 Å². The first-order valence-electron chi connectivity index (χ1n) is 8.77. The lowest BCUT2D eigenvalue weighted by Crippen LogP contribution is -2.28. The van der Waals surface area contributed by atoms with Gasteiger partial charge in [0.2, 0.25) is 11.8 Å². The van der Waals surface area contributed by atoms with Crippen molar-refractivity contribution in [1.29, 1.82) is 0 Å². The molecule has 1 aliphatic heterocycles. The Morgan fingerprint density at radius 2 is 2.00 bits per heavy atom. The third-order valence-corrected chi connectivity index (χ3v) is 5.62. The fraction of sp³-hybridized carbons (Fsp3) is 0.368. The van der Waals surface area contributed by atoms with Crippen LogP contribution in [0.2, 0.25) is 0 Å². The number of esters is 1. The van der Waals surface area contributed by atoms with Gasteiger partial charge in [0.05, 0.1) is 38.6 Å². The van der Waals surface area contributed by atoms with E-state index in [0.29, 0.717) is 27.8 Å². The van der Waals surface area contributed by atoms with Crippen molar-refractivity contribution in [2.24, 2.45) is 5.92 Å². The van der Waals surface area contributed by atoms with Gasteiger partial charge >= 0.3 is 5.97 Å². The molecule has 154 valence electrons. The van der Waals surface area contributed by atoms with Crippen LogP contribution in [-0.4, -0.2) is 50.6 Å². The highest BCUT2D eigenvalue weighted by Crippen LogP contribution is 2.36. The van der Waals surface area contributed by atoms with Crippen LogP contribution in [0.5, 0.6) is 11.5 Å². The summed E-state index contributed by atoms with van der Waals surface area (Å²) >= 11 is 1.04. The van der Waals surface area contributed by atoms with E-state index in [1.165, 1.54) is 26.2 Å². The minimum Gasteiger partial charge on any atom is -0.497 e. The quantitative estimate of drug-likeness (QED) is 0.716. The Balaban J connectivity index is 1.75. The number of rotatable bonds is 6. The molecule has 2 heterocycles. The van der Waals surface area contributed by atoms with Crippen molar-refractivity contribution in [2.75, 3.05) is 38.1 Å². The van der Waals surface area contributed by atoms with E-state index in [2.05, 4.69) is 10.3 Å². The van der Waals surface area contributed by atoms with E-state index in [1.54, 1.807) is 25.1 Å². The van der Waals surface area contributed by atoms with Crippen LogP contribution >= 0.6 is 11.3 Å². The molecule has 1 unspecified atom stereocenters. The van der Waals surface area contributed by atoms with E-state index in [1.807, 2.05) is 0 Å². The Morgan fingerprint density at radius 3 is 2.66 bits per heavy atom. The number of hydrogen-bond donors (Lipinski definition) is 1. The average Bonchev–Trinajstić information content (AvgIpc) is 3.29. The number of anilines is 2. The van der Waals surface area contributed by atoms with Crippen LogP contribution in [0.4, 0.5) is 10.8 Å². The molecule has 2 amide bonds. The lowest BCUT2D eigenvalue weighted by Gasteiger charge is -2.20. The zero-order chi connectivity index (χ0) is 21.1. The zero-order valence-electron chi connectivity index (χ0n) is 16.5. The summed E-state index contributed by atoms with van der Waals surface area (Å²) < 4.78 is 15.3. The van der Waals surface area contributed by atoms with E-state index < -0.39 is 11.9 Å². The Kier molecular flexibility index (Phi) is 6.02. The predicted molar refractivity (Wildman–Crippen MR) is 107 cm³/mol. The molecule has 0 spiro atoms. The Morgan fingerprint density at radius 1 is 1.24 bits per heavy atom. The number of thiazole rings is 1. The topological polar surface area (TPSA) is 107 Å². The van der Waals surface area contributed by atoms with Crippen LogP contribution in [0.1, 0.15) is 21.8 Å². The summed E-state index contributed by atoms with van der Waals surface area (Å²) in [5, 5.41) is 2.98. The van der Waals surface area contributed by atoms with Gasteiger partial charge in [-0.25, -0.2) is 9.78 Å². The Bertz CT molecular complexity index is 957. The van der Waals surface area contributed by atoms with Crippen LogP contribution in [0, 0.1) is 12.8 Å². The molecule has 0 bridgehead atoms. The van der Waals surface area contributed by atoms with Gasteiger partial charge in [-0.05, 0) is 19.1 Å². The van der Waals surface area contributed by atoms with Gasteiger partial charge < -0.3 is 24.4 Å². The number of amides is 2. The molecule has 1 fully saturated rings. The molecule has 1 N–H and O–H groups in total. The maximum atomic E-state index is 12.7. The van der Waals surface area contributed by atoms with Crippen LogP contribution in [0.3, 0.4) is 0 Å². The van der Waals surface area contributed by atoms with Gasteiger partial charge in [-0.1, -0.05) is 11.3 Å². The van der Waals surface area contributed by atoms with Crippen molar-refractivity contribution in [3.8, 4) is 11.5 Å². The van der Waals surface area contributed by atoms with Crippen LogP contribution in [0.15, 0.2) is 18.2 Å². The molecule has 1 atom stereocenters. The number of aryl methyl sites for hydroxylation is 1. The van der Waals surface area contributed by atoms with Crippen molar-refractivity contribution in [1.82, 2.24) is 4.98 Å². The highest BCUT2D eigenvalue weighted by Gasteiger charge is 2.37. The molecular weight excluding hydrogens is 398 g/mol. The standard InChI is InChI=1S/C19H21N3O6S/c1-10-16(18(25)28-4)29-19(20-10)21-17(24)11-7-15(23)22(9-11)13-8-12(26-2)5-6-14(13)27-3/h5-6,8,11H,7,9H2,1-4H3,(H,20,21,24). The predicted octanol–water partition coefficient (Wildman–Crippen LogP) is 2.25. The lowest BCUT2D eigenvalue weighted by atomic mass is 10.1. The number of ether oxygens (including phenoxy) is 3. The number of carbonyl (C=O) groups excluding carboxylic acids is 3. The van der Waals surface area contributed by atoms with Gasteiger partial charge in [-0.3, -0.25) is 9.59 Å². The minimum atomic E-state index is -0.566. The second-order valence-electron chi connectivity index (χ2n) is 6.36. The van der Waals surface area contributed by atoms with Gasteiger partial charge in [0, 0.05) is 19.0 Å². The van der Waals surface area contributed by atoms with Gasteiger partial charge in [-0.15, -0.1) is 0 Å². The smallest absolute Gasteiger partial charge is 0.350 e. The van der Waals surface area contributed by atoms with E-state index in [9.17, 15) is 14.4 Å². The van der Waals surface area contributed by atoms with Crippen molar-refractivity contribution >= 4 is 39.9 Å². The summed E-state index contributed by atoms with van der Waals surface area (Å²) in [6.45, 7) is 1.86. The molecule has 1 aromatic heterocycles. The average molecular weight is 419 g/mol. The molecule has 9 nitrogen and oxygen atoms in total. The molecule has 10 heteroatoms. The number of nitrogens with one attached hydrogen (secondary N) is 1. The van der Waals surface area contributed by atoms with Crippen molar-refractivity contribution in [2.45, 2.75) is 13.3 Å². The number of aromatic nitrogens is 1. The van der Waals surface area contributed by atoms with Crippen LogP contribution in [-0.2, 0) is 14.3 Å². The summed E-state index contributed by atoms with van der Waals surface area (Å²) in [6, 6.07) is 5.14. The summed E-state index contributed by atoms with van der Waals surface area (Å²) in [5.41, 5.74) is 1.02. The first-order valence-corrected chi connectivity index (χ1v) is 9.58. The van der Waals surface area contributed by atoms with E-state index in [4.69, 9.17) is 14.2 Å². The van der Waals surface area contributed by atoms with Crippen molar-refractivity contribution in [3.05, 3.63) is 28.8 Å². The zero-order valence-corrected chi connectivity index (χ0v) is 17.3. The summed E-state index contributed by atoms with van der Waals surface area (Å²) in [4.78, 5) is 43.0.